The van der Waals surface area contributed by atoms with Gasteiger partial charge in [0.05, 0.1) is 17.6 Å². The number of β-amino-alcohol motifs (C(OH)–C–C–N with tert-alkyl or cyclic N) is 1. The van der Waals surface area contributed by atoms with Crippen LogP contribution in [0.1, 0.15) is 10.4 Å². The first-order valence-electron chi connectivity index (χ1n) is 7.08. The molecule has 1 amide bonds. The van der Waals surface area contributed by atoms with E-state index in [0.717, 1.165) is 0 Å². The van der Waals surface area contributed by atoms with Crippen molar-refractivity contribution in [2.45, 2.75) is 6.10 Å². The number of halogens is 2. The van der Waals surface area contributed by atoms with E-state index in [1.807, 2.05) is 0 Å². The van der Waals surface area contributed by atoms with Crippen LogP contribution in [-0.2, 0) is 4.79 Å². The fourth-order valence-electron chi connectivity index (χ4n) is 2.18. The molecule has 1 heterocycles. The Morgan fingerprint density at radius 2 is 1.96 bits per heavy atom. The molecule has 1 aliphatic rings. The van der Waals surface area contributed by atoms with Crippen molar-refractivity contribution >= 4 is 47.5 Å². The molecule has 0 aromatic heterocycles. The molecule has 0 saturated carbocycles. The molecule has 2 rings (SSSR count). The summed E-state index contributed by atoms with van der Waals surface area (Å²) in [5.74, 6) is 0.403. The zero-order valence-electron chi connectivity index (χ0n) is 12.5. The summed E-state index contributed by atoms with van der Waals surface area (Å²) in [7, 11) is 0. The Balaban J connectivity index is 0.00000264. The molecule has 2 atom stereocenters. The van der Waals surface area contributed by atoms with Gasteiger partial charge in [-0.25, -0.2) is 0 Å². The van der Waals surface area contributed by atoms with Crippen molar-refractivity contribution in [2.24, 2.45) is 5.92 Å². The quantitative estimate of drug-likeness (QED) is 0.624. The highest BCUT2D eigenvalue weighted by Crippen LogP contribution is 2.12. The van der Waals surface area contributed by atoms with E-state index in [1.165, 1.54) is 11.8 Å². The summed E-state index contributed by atoms with van der Waals surface area (Å²) in [6.07, 6.45) is -0.403. The van der Waals surface area contributed by atoms with E-state index in [0.29, 0.717) is 30.2 Å². The highest BCUT2D eigenvalue weighted by atomic mass is 35.5. The summed E-state index contributed by atoms with van der Waals surface area (Å²) in [4.78, 5) is 23.6. The van der Waals surface area contributed by atoms with Gasteiger partial charge in [-0.05, 0) is 24.3 Å². The summed E-state index contributed by atoms with van der Waals surface area (Å²) in [5, 5.41) is 16.1. The molecule has 128 valence electrons. The van der Waals surface area contributed by atoms with Gasteiger partial charge in [-0.15, -0.1) is 24.2 Å². The predicted octanol–water partition coefficient (Wildman–Crippen LogP) is 1.37. The summed E-state index contributed by atoms with van der Waals surface area (Å²) < 4.78 is 0. The predicted molar refractivity (Wildman–Crippen MR) is 95.7 cm³/mol. The van der Waals surface area contributed by atoms with Crippen LogP contribution in [0.15, 0.2) is 24.3 Å². The lowest BCUT2D eigenvalue weighted by atomic mass is 10.1. The van der Waals surface area contributed by atoms with Crippen molar-refractivity contribution < 1.29 is 14.7 Å². The number of ketones is 1. The molecule has 1 aromatic carbocycles. The monoisotopic (exact) mass is 378 g/mol. The molecule has 0 aliphatic carbocycles. The van der Waals surface area contributed by atoms with Crippen LogP contribution >= 0.6 is 35.8 Å². The maximum atomic E-state index is 11.9. The first-order valence-corrected chi connectivity index (χ1v) is 8.61. The van der Waals surface area contributed by atoms with Crippen molar-refractivity contribution in [3.63, 3.8) is 0 Å². The highest BCUT2D eigenvalue weighted by Gasteiger charge is 2.24. The molecule has 1 saturated heterocycles. The smallest absolute Gasteiger partial charge is 0.230 e. The maximum absolute atomic E-state index is 11.9. The average molecular weight is 379 g/mol. The normalized spacial score (nSPS) is 19.9. The Morgan fingerprint density at radius 1 is 1.26 bits per heavy atom. The number of carbonyl (C=O) groups is 2. The minimum Gasteiger partial charge on any atom is -0.391 e. The third-order valence-electron chi connectivity index (χ3n) is 3.50. The molecule has 0 spiro atoms. The van der Waals surface area contributed by atoms with Crippen molar-refractivity contribution in [3.8, 4) is 0 Å². The van der Waals surface area contributed by atoms with Crippen LogP contribution in [0.25, 0.3) is 0 Å². The Bertz CT molecular complexity index is 528. The number of hydrogen-bond acceptors (Lipinski definition) is 5. The molecular formula is C15H20Cl2N2O3S. The number of aliphatic hydroxyl groups is 1. The van der Waals surface area contributed by atoms with Gasteiger partial charge >= 0.3 is 0 Å². The van der Waals surface area contributed by atoms with E-state index in [2.05, 4.69) is 10.6 Å². The Kier molecular flexibility index (Phi) is 8.94. The Hall–Kier alpha value is -0.790. The number of aliphatic hydroxyl groups excluding tert-OH is 1. The van der Waals surface area contributed by atoms with Crippen LogP contribution in [0.3, 0.4) is 0 Å². The van der Waals surface area contributed by atoms with E-state index in [1.54, 1.807) is 24.3 Å². The number of hydrogen-bond donors (Lipinski definition) is 3. The van der Waals surface area contributed by atoms with Gasteiger partial charge in [0.1, 0.15) is 0 Å². The lowest BCUT2D eigenvalue weighted by Crippen LogP contribution is -2.35. The second kappa shape index (κ2) is 10.2. The summed E-state index contributed by atoms with van der Waals surface area (Å²) in [6.45, 7) is 1.74. The highest BCUT2D eigenvalue weighted by molar-refractivity contribution is 8.00. The molecular weight excluding hydrogens is 359 g/mol. The third-order valence-corrected chi connectivity index (χ3v) is 4.68. The van der Waals surface area contributed by atoms with Crippen LogP contribution in [0.5, 0.6) is 0 Å². The number of rotatable bonds is 7. The van der Waals surface area contributed by atoms with Crippen LogP contribution in [-0.4, -0.2) is 54.0 Å². The average Bonchev–Trinajstić information content (AvgIpc) is 2.91. The molecule has 1 aliphatic heterocycles. The van der Waals surface area contributed by atoms with Gasteiger partial charge in [0.25, 0.3) is 0 Å². The second-order valence-electron chi connectivity index (χ2n) is 5.21. The van der Waals surface area contributed by atoms with Crippen molar-refractivity contribution in [1.29, 1.82) is 0 Å². The lowest BCUT2D eigenvalue weighted by molar-refractivity contribution is -0.118. The number of carbonyl (C=O) groups excluding carboxylic acids is 2. The maximum Gasteiger partial charge on any atom is 0.230 e. The van der Waals surface area contributed by atoms with E-state index in [4.69, 9.17) is 11.6 Å². The van der Waals surface area contributed by atoms with E-state index in [-0.39, 0.29) is 41.5 Å². The first-order chi connectivity index (χ1) is 10.6. The fourth-order valence-corrected chi connectivity index (χ4v) is 3.05. The number of nitrogens with one attached hydrogen (secondary N) is 2. The standard InChI is InChI=1S/C15H19ClN2O3S.ClH/c16-12-3-1-10(2-4-12)14(20)8-22-9-15(21)18-6-11-5-17-7-13(11)19;/h1-4,11,13,17,19H,5-9H2,(H,18,21);1H. The van der Waals surface area contributed by atoms with Gasteiger partial charge in [0, 0.05) is 36.1 Å². The first kappa shape index (κ1) is 20.3. The number of amides is 1. The van der Waals surface area contributed by atoms with E-state index < -0.39 is 6.10 Å². The third kappa shape index (κ3) is 6.69. The summed E-state index contributed by atoms with van der Waals surface area (Å²) in [6, 6.07) is 6.71. The van der Waals surface area contributed by atoms with Gasteiger partial charge in [-0.3, -0.25) is 9.59 Å². The minimum atomic E-state index is -0.403. The van der Waals surface area contributed by atoms with Gasteiger partial charge in [-0.1, -0.05) is 11.6 Å². The van der Waals surface area contributed by atoms with E-state index in [9.17, 15) is 14.7 Å². The Morgan fingerprint density at radius 3 is 2.57 bits per heavy atom. The van der Waals surface area contributed by atoms with Gasteiger partial charge in [0.2, 0.25) is 5.91 Å². The zero-order valence-corrected chi connectivity index (χ0v) is 14.8. The number of benzene rings is 1. The van der Waals surface area contributed by atoms with E-state index >= 15 is 0 Å². The minimum absolute atomic E-state index is 0. The number of Topliss-reactive ketones (excluding diaryl/α,β-unsaturated/α-hetero) is 1. The van der Waals surface area contributed by atoms with Gasteiger partial charge < -0.3 is 15.7 Å². The molecule has 5 nitrogen and oxygen atoms in total. The van der Waals surface area contributed by atoms with Crippen molar-refractivity contribution in [1.82, 2.24) is 10.6 Å². The lowest BCUT2D eigenvalue weighted by Gasteiger charge is -2.13. The molecule has 23 heavy (non-hydrogen) atoms. The largest absolute Gasteiger partial charge is 0.391 e. The zero-order chi connectivity index (χ0) is 15.9. The summed E-state index contributed by atoms with van der Waals surface area (Å²) >= 11 is 7.05. The molecule has 8 heteroatoms. The number of thioether (sulfide) groups is 1. The second-order valence-corrected chi connectivity index (χ2v) is 6.63. The van der Waals surface area contributed by atoms with Crippen LogP contribution in [0, 0.1) is 5.92 Å². The molecule has 0 bridgehead atoms. The fraction of sp³-hybridized carbons (Fsp3) is 0.467. The topological polar surface area (TPSA) is 78.4 Å². The Labute approximate surface area is 151 Å². The SMILES string of the molecule is Cl.O=C(CSCC(=O)c1ccc(Cl)cc1)NCC1CNCC1O. The van der Waals surface area contributed by atoms with Crippen LogP contribution < -0.4 is 10.6 Å². The molecule has 3 N–H and O–H groups in total. The molecule has 1 aromatic rings. The van der Waals surface area contributed by atoms with Crippen molar-refractivity contribution in [3.05, 3.63) is 34.9 Å². The van der Waals surface area contributed by atoms with Crippen LogP contribution in [0.2, 0.25) is 5.02 Å². The van der Waals surface area contributed by atoms with Crippen molar-refractivity contribution in [2.75, 3.05) is 31.1 Å². The van der Waals surface area contributed by atoms with Gasteiger partial charge in [-0.2, -0.15) is 0 Å². The molecule has 2 unspecified atom stereocenters. The van der Waals surface area contributed by atoms with Crippen LogP contribution in [0.4, 0.5) is 0 Å². The summed E-state index contributed by atoms with van der Waals surface area (Å²) in [5.41, 5.74) is 0.595. The molecule has 1 fully saturated rings. The van der Waals surface area contributed by atoms with Gasteiger partial charge in [0.15, 0.2) is 5.78 Å². The molecule has 0 radical (unpaired) electrons.